The molecule has 0 unspecified atom stereocenters. The summed E-state index contributed by atoms with van der Waals surface area (Å²) in [5.74, 6) is -1.04. The van der Waals surface area contributed by atoms with E-state index in [1.54, 1.807) is 24.3 Å². The average Bonchev–Trinajstić information content (AvgIpc) is 2.39. The lowest BCUT2D eigenvalue weighted by molar-refractivity contribution is 0.102. The highest BCUT2D eigenvalue weighted by Gasteiger charge is 2.13. The molecule has 0 saturated heterocycles. The summed E-state index contributed by atoms with van der Waals surface area (Å²) in [6.07, 6.45) is 1.11. The van der Waals surface area contributed by atoms with Gasteiger partial charge in [0.25, 0.3) is 11.5 Å². The van der Waals surface area contributed by atoms with Gasteiger partial charge in [0.2, 0.25) is 0 Å². The predicted octanol–water partition coefficient (Wildman–Crippen LogP) is 1.20. The van der Waals surface area contributed by atoms with Crippen molar-refractivity contribution < 1.29 is 9.90 Å². The Labute approximate surface area is 107 Å². The van der Waals surface area contributed by atoms with Gasteiger partial charge in [0.05, 0.1) is 16.8 Å². The van der Waals surface area contributed by atoms with Crippen molar-refractivity contribution in [1.82, 2.24) is 4.98 Å². The molecule has 19 heavy (non-hydrogen) atoms. The molecule has 6 nitrogen and oxygen atoms in total. The van der Waals surface area contributed by atoms with E-state index in [1.165, 1.54) is 0 Å². The number of aromatic hydroxyl groups is 1. The summed E-state index contributed by atoms with van der Waals surface area (Å²) < 4.78 is 0. The molecule has 0 atom stereocenters. The Morgan fingerprint density at radius 1 is 1.37 bits per heavy atom. The number of H-pyrrole nitrogens is 1. The second-order valence-corrected chi connectivity index (χ2v) is 3.71. The van der Waals surface area contributed by atoms with Gasteiger partial charge in [-0.3, -0.25) is 9.59 Å². The maximum absolute atomic E-state index is 11.9. The van der Waals surface area contributed by atoms with Crippen molar-refractivity contribution in [2.24, 2.45) is 0 Å². The average molecular weight is 255 g/mol. The summed E-state index contributed by atoms with van der Waals surface area (Å²) in [4.78, 5) is 25.1. The molecule has 0 aliphatic carbocycles. The first-order valence-corrected chi connectivity index (χ1v) is 5.34. The first-order valence-electron chi connectivity index (χ1n) is 5.34. The van der Waals surface area contributed by atoms with Crippen LogP contribution < -0.4 is 10.9 Å². The molecule has 0 fully saturated rings. The number of aromatic nitrogens is 1. The molecular formula is C13H9N3O3. The first kappa shape index (κ1) is 12.4. The summed E-state index contributed by atoms with van der Waals surface area (Å²) in [6.45, 7) is 0. The van der Waals surface area contributed by atoms with E-state index < -0.39 is 17.2 Å². The van der Waals surface area contributed by atoms with Crippen LogP contribution in [-0.4, -0.2) is 16.0 Å². The molecule has 0 saturated carbocycles. The number of amides is 1. The predicted molar refractivity (Wildman–Crippen MR) is 67.8 cm³/mol. The fraction of sp³-hybridized carbons (Fsp3) is 0. The van der Waals surface area contributed by atoms with Gasteiger partial charge >= 0.3 is 0 Å². The van der Waals surface area contributed by atoms with E-state index in [-0.39, 0.29) is 5.56 Å². The molecule has 2 rings (SSSR count). The van der Waals surface area contributed by atoms with Crippen molar-refractivity contribution in [3.8, 4) is 11.8 Å². The number of hydrogen-bond acceptors (Lipinski definition) is 4. The van der Waals surface area contributed by atoms with Gasteiger partial charge in [0, 0.05) is 12.3 Å². The molecule has 6 heteroatoms. The van der Waals surface area contributed by atoms with Gasteiger partial charge in [0.1, 0.15) is 11.8 Å². The van der Waals surface area contributed by atoms with E-state index in [9.17, 15) is 14.7 Å². The monoisotopic (exact) mass is 255 g/mol. The number of anilines is 1. The Bertz CT molecular complexity index is 728. The molecule has 0 aliphatic rings. The summed E-state index contributed by atoms with van der Waals surface area (Å²) in [5.41, 5.74) is 0.0548. The number of carbonyl (C=O) groups excluding carboxylic acids is 1. The van der Waals surface area contributed by atoms with Gasteiger partial charge in [-0.2, -0.15) is 5.26 Å². The minimum atomic E-state index is -0.614. The van der Waals surface area contributed by atoms with Crippen LogP contribution in [0.5, 0.6) is 5.75 Å². The van der Waals surface area contributed by atoms with Gasteiger partial charge < -0.3 is 15.4 Å². The Hall–Kier alpha value is -3.07. The lowest BCUT2D eigenvalue weighted by Crippen LogP contribution is -2.15. The van der Waals surface area contributed by atoms with Crippen molar-refractivity contribution in [3.63, 3.8) is 0 Å². The number of carbonyl (C=O) groups is 1. The van der Waals surface area contributed by atoms with Crippen molar-refractivity contribution in [2.75, 3.05) is 5.32 Å². The van der Waals surface area contributed by atoms with Crippen LogP contribution in [0, 0.1) is 11.3 Å². The van der Waals surface area contributed by atoms with E-state index in [0.717, 1.165) is 12.3 Å². The highest BCUT2D eigenvalue weighted by Crippen LogP contribution is 2.18. The summed E-state index contributed by atoms with van der Waals surface area (Å²) >= 11 is 0. The smallest absolute Gasteiger partial charge is 0.260 e. The number of aromatic amines is 1. The largest absolute Gasteiger partial charge is 0.507 e. The summed E-state index contributed by atoms with van der Waals surface area (Å²) in [5, 5.41) is 20.9. The molecule has 1 amide bonds. The fourth-order valence-corrected chi connectivity index (χ4v) is 1.52. The molecule has 1 aromatic heterocycles. The van der Waals surface area contributed by atoms with Gasteiger partial charge in [-0.25, -0.2) is 0 Å². The van der Waals surface area contributed by atoms with Crippen LogP contribution in [0.3, 0.4) is 0 Å². The molecule has 94 valence electrons. The van der Waals surface area contributed by atoms with Crippen molar-refractivity contribution in [2.45, 2.75) is 0 Å². The maximum atomic E-state index is 11.9. The molecule has 1 heterocycles. The lowest BCUT2D eigenvalue weighted by Gasteiger charge is -2.07. The highest BCUT2D eigenvalue weighted by atomic mass is 16.3. The number of hydrogen-bond donors (Lipinski definition) is 3. The number of nitrogens with zero attached hydrogens (tertiary/aromatic N) is 1. The Morgan fingerprint density at radius 2 is 2.11 bits per heavy atom. The third-order valence-electron chi connectivity index (χ3n) is 2.44. The summed E-state index contributed by atoms with van der Waals surface area (Å²) in [6, 6.07) is 9.32. The Morgan fingerprint density at radius 3 is 2.79 bits per heavy atom. The molecule has 0 radical (unpaired) electrons. The standard InChI is InChI=1S/C13H9N3O3/c14-6-8-3-1-2-4-10(8)16-13(19)9-7-15-12(18)5-11(9)17/h1-5,7H,(H,16,19)(H2,15,17,18). The van der Waals surface area contributed by atoms with Gasteiger partial charge in [-0.05, 0) is 12.1 Å². The maximum Gasteiger partial charge on any atom is 0.260 e. The van der Waals surface area contributed by atoms with Crippen LogP contribution in [0.4, 0.5) is 5.69 Å². The van der Waals surface area contributed by atoms with E-state index in [2.05, 4.69) is 10.3 Å². The molecule has 1 aromatic carbocycles. The van der Waals surface area contributed by atoms with E-state index in [4.69, 9.17) is 5.26 Å². The van der Waals surface area contributed by atoms with E-state index in [0.29, 0.717) is 11.3 Å². The van der Waals surface area contributed by atoms with Crippen LogP contribution in [0.2, 0.25) is 0 Å². The second-order valence-electron chi connectivity index (χ2n) is 3.71. The number of pyridine rings is 1. The zero-order valence-electron chi connectivity index (χ0n) is 9.68. The number of para-hydroxylation sites is 1. The normalized spacial score (nSPS) is 9.63. The van der Waals surface area contributed by atoms with Gasteiger partial charge in [0.15, 0.2) is 0 Å². The number of nitrogens with one attached hydrogen (secondary N) is 2. The van der Waals surface area contributed by atoms with Gasteiger partial charge in [-0.15, -0.1) is 0 Å². The Balaban J connectivity index is 2.31. The number of rotatable bonds is 2. The number of benzene rings is 1. The third kappa shape index (κ3) is 2.61. The quantitative estimate of drug-likeness (QED) is 0.749. The SMILES string of the molecule is N#Cc1ccccc1NC(=O)c1c[nH]c(=O)cc1O. The molecule has 0 bridgehead atoms. The van der Waals surface area contributed by atoms with Gasteiger partial charge in [-0.1, -0.05) is 12.1 Å². The zero-order valence-corrected chi connectivity index (χ0v) is 9.68. The van der Waals surface area contributed by atoms with Crippen molar-refractivity contribution in [1.29, 1.82) is 5.26 Å². The molecule has 0 spiro atoms. The van der Waals surface area contributed by atoms with Crippen LogP contribution >= 0.6 is 0 Å². The van der Waals surface area contributed by atoms with Crippen LogP contribution in [0.25, 0.3) is 0 Å². The first-order chi connectivity index (χ1) is 9.11. The highest BCUT2D eigenvalue weighted by molar-refractivity contribution is 6.06. The van der Waals surface area contributed by atoms with Crippen molar-refractivity contribution >= 4 is 11.6 Å². The minimum absolute atomic E-state index is 0.0765. The number of nitriles is 1. The van der Waals surface area contributed by atoms with Crippen LogP contribution in [-0.2, 0) is 0 Å². The minimum Gasteiger partial charge on any atom is -0.507 e. The third-order valence-corrected chi connectivity index (χ3v) is 2.44. The molecular weight excluding hydrogens is 246 g/mol. The molecule has 3 N–H and O–H groups in total. The summed E-state index contributed by atoms with van der Waals surface area (Å²) in [7, 11) is 0. The van der Waals surface area contributed by atoms with Crippen molar-refractivity contribution in [3.05, 3.63) is 58.0 Å². The van der Waals surface area contributed by atoms with E-state index in [1.807, 2.05) is 6.07 Å². The van der Waals surface area contributed by atoms with E-state index >= 15 is 0 Å². The molecule has 0 aliphatic heterocycles. The fourth-order valence-electron chi connectivity index (χ4n) is 1.52. The van der Waals surface area contributed by atoms with Crippen LogP contribution in [0.1, 0.15) is 15.9 Å². The Kier molecular flexibility index (Phi) is 3.30. The zero-order chi connectivity index (χ0) is 13.8. The van der Waals surface area contributed by atoms with Crippen LogP contribution in [0.15, 0.2) is 41.3 Å². The molecule has 2 aromatic rings. The lowest BCUT2D eigenvalue weighted by atomic mass is 10.2. The topological polar surface area (TPSA) is 106 Å². The second kappa shape index (κ2) is 5.06.